The van der Waals surface area contributed by atoms with Gasteiger partial charge in [0.25, 0.3) is 0 Å². The van der Waals surface area contributed by atoms with E-state index in [0.29, 0.717) is 11.4 Å². The van der Waals surface area contributed by atoms with Crippen molar-refractivity contribution in [3.8, 4) is 11.8 Å². The molecule has 100 valence electrons. The molecule has 20 heavy (non-hydrogen) atoms. The van der Waals surface area contributed by atoms with E-state index >= 15 is 0 Å². The number of hydrogen-bond acceptors (Lipinski definition) is 3. The van der Waals surface area contributed by atoms with E-state index in [2.05, 4.69) is 11.4 Å². The molecule has 3 nitrogen and oxygen atoms in total. The van der Waals surface area contributed by atoms with Crippen molar-refractivity contribution >= 4 is 17.3 Å². The number of halogens is 1. The Kier molecular flexibility index (Phi) is 3.04. The second kappa shape index (κ2) is 4.73. The van der Waals surface area contributed by atoms with E-state index in [1.165, 1.54) is 0 Å². The van der Waals surface area contributed by atoms with E-state index < -0.39 is 5.72 Å². The maximum atomic E-state index is 8.76. The summed E-state index contributed by atoms with van der Waals surface area (Å²) in [7, 11) is 0. The Morgan fingerprint density at radius 3 is 2.70 bits per heavy atom. The van der Waals surface area contributed by atoms with Crippen LogP contribution in [0.15, 0.2) is 42.5 Å². The molecule has 0 spiro atoms. The molecule has 1 atom stereocenters. The molecule has 0 saturated carbocycles. The lowest BCUT2D eigenvalue weighted by molar-refractivity contribution is 0.140. The van der Waals surface area contributed by atoms with Crippen molar-refractivity contribution in [1.29, 1.82) is 5.26 Å². The lowest BCUT2D eigenvalue weighted by Crippen LogP contribution is -2.33. The van der Waals surface area contributed by atoms with Gasteiger partial charge in [0.15, 0.2) is 0 Å². The van der Waals surface area contributed by atoms with Crippen LogP contribution in [0.4, 0.5) is 5.69 Å². The Labute approximate surface area is 122 Å². The Hall–Kier alpha value is -2.18. The average molecular weight is 285 g/mol. The number of rotatable bonds is 2. The molecule has 1 aliphatic rings. The van der Waals surface area contributed by atoms with Crippen molar-refractivity contribution < 1.29 is 4.74 Å². The van der Waals surface area contributed by atoms with Gasteiger partial charge in [0.1, 0.15) is 5.75 Å². The topological polar surface area (TPSA) is 45.0 Å². The molecule has 1 N–H and O–H groups in total. The van der Waals surface area contributed by atoms with Crippen LogP contribution in [0.1, 0.15) is 18.1 Å². The molecule has 1 aliphatic heterocycles. The van der Waals surface area contributed by atoms with Crippen LogP contribution in [0.5, 0.6) is 5.75 Å². The fraction of sp³-hybridized carbons (Fsp3) is 0.188. The van der Waals surface area contributed by atoms with Gasteiger partial charge >= 0.3 is 0 Å². The Morgan fingerprint density at radius 2 is 2.00 bits per heavy atom. The SMILES string of the molecule is CC1(c2ccc(Cl)cc2)Nc2cc(CC#N)ccc2O1. The first-order valence-electron chi connectivity index (χ1n) is 6.34. The van der Waals surface area contributed by atoms with Gasteiger partial charge in [0.05, 0.1) is 18.2 Å². The van der Waals surface area contributed by atoms with Gasteiger partial charge in [-0.15, -0.1) is 0 Å². The molecule has 0 bridgehead atoms. The van der Waals surface area contributed by atoms with Crippen molar-refractivity contribution in [3.05, 3.63) is 58.6 Å². The van der Waals surface area contributed by atoms with Gasteiger partial charge in [-0.25, -0.2) is 0 Å². The van der Waals surface area contributed by atoms with Crippen molar-refractivity contribution in [3.63, 3.8) is 0 Å². The molecule has 1 unspecified atom stereocenters. The molecule has 3 rings (SSSR count). The highest BCUT2D eigenvalue weighted by atomic mass is 35.5. The third-order valence-corrected chi connectivity index (χ3v) is 3.66. The standard InChI is InChI=1S/C16H13ClN2O/c1-16(12-3-5-13(17)6-4-12)19-14-10-11(8-9-18)2-7-15(14)20-16/h2-7,10,19H,8H2,1H3. The molecule has 4 heteroatoms. The van der Waals surface area contributed by atoms with Crippen molar-refractivity contribution in [1.82, 2.24) is 0 Å². The van der Waals surface area contributed by atoms with E-state index in [9.17, 15) is 0 Å². The molecule has 1 heterocycles. The van der Waals surface area contributed by atoms with Gasteiger partial charge < -0.3 is 10.1 Å². The van der Waals surface area contributed by atoms with Gasteiger partial charge in [-0.05, 0) is 36.8 Å². The second-order valence-electron chi connectivity index (χ2n) is 4.93. The summed E-state index contributed by atoms with van der Waals surface area (Å²) in [6.07, 6.45) is 0.395. The number of ether oxygens (including phenoxy) is 1. The molecule has 0 aromatic heterocycles. The molecule has 0 amide bonds. The van der Waals surface area contributed by atoms with Crippen LogP contribution in [0.25, 0.3) is 0 Å². The van der Waals surface area contributed by atoms with Crippen LogP contribution >= 0.6 is 11.6 Å². The minimum atomic E-state index is -0.613. The molecule has 0 radical (unpaired) electrons. The van der Waals surface area contributed by atoms with Crippen LogP contribution in [-0.4, -0.2) is 0 Å². The summed E-state index contributed by atoms with van der Waals surface area (Å²) in [6, 6.07) is 15.5. The molecule has 2 aromatic carbocycles. The molecule has 2 aromatic rings. The molecular weight excluding hydrogens is 272 g/mol. The zero-order chi connectivity index (χ0) is 14.2. The molecular formula is C16H13ClN2O. The number of nitrogens with zero attached hydrogens (tertiary/aromatic N) is 1. The normalized spacial score (nSPS) is 19.6. The summed E-state index contributed by atoms with van der Waals surface area (Å²) < 4.78 is 6.02. The van der Waals surface area contributed by atoms with Gasteiger partial charge in [-0.2, -0.15) is 5.26 Å². The predicted octanol–water partition coefficient (Wildman–Crippen LogP) is 4.08. The highest BCUT2D eigenvalue weighted by Gasteiger charge is 2.35. The van der Waals surface area contributed by atoms with E-state index in [1.54, 1.807) is 0 Å². The number of benzene rings is 2. The van der Waals surface area contributed by atoms with E-state index in [-0.39, 0.29) is 0 Å². The summed E-state index contributed by atoms with van der Waals surface area (Å²) in [4.78, 5) is 0. The van der Waals surface area contributed by atoms with Crippen LogP contribution in [-0.2, 0) is 12.1 Å². The quantitative estimate of drug-likeness (QED) is 0.903. The minimum Gasteiger partial charge on any atom is -0.462 e. The molecule has 0 fully saturated rings. The van der Waals surface area contributed by atoms with E-state index in [0.717, 1.165) is 22.6 Å². The second-order valence-corrected chi connectivity index (χ2v) is 5.37. The third kappa shape index (κ3) is 2.19. The highest BCUT2D eigenvalue weighted by Crippen LogP contribution is 2.42. The van der Waals surface area contributed by atoms with Crippen LogP contribution in [0.3, 0.4) is 0 Å². The zero-order valence-electron chi connectivity index (χ0n) is 11.0. The summed E-state index contributed by atoms with van der Waals surface area (Å²) in [6.45, 7) is 1.97. The number of hydrogen-bond donors (Lipinski definition) is 1. The fourth-order valence-electron chi connectivity index (χ4n) is 2.37. The smallest absolute Gasteiger partial charge is 0.204 e. The van der Waals surface area contributed by atoms with Crippen molar-refractivity contribution in [2.24, 2.45) is 0 Å². The summed E-state index contributed by atoms with van der Waals surface area (Å²) in [5.74, 6) is 0.795. The molecule has 0 aliphatic carbocycles. The predicted molar refractivity (Wildman–Crippen MR) is 78.8 cm³/mol. The van der Waals surface area contributed by atoms with Gasteiger partial charge in [-0.3, -0.25) is 0 Å². The van der Waals surface area contributed by atoms with Crippen LogP contribution < -0.4 is 10.1 Å². The van der Waals surface area contributed by atoms with Crippen LogP contribution in [0.2, 0.25) is 5.02 Å². The molecule has 0 saturated heterocycles. The lowest BCUT2D eigenvalue weighted by atomic mass is 10.1. The van der Waals surface area contributed by atoms with Crippen LogP contribution in [0, 0.1) is 11.3 Å². The first kappa shape index (κ1) is 12.8. The monoisotopic (exact) mass is 284 g/mol. The van der Waals surface area contributed by atoms with E-state index in [4.69, 9.17) is 21.6 Å². The Balaban J connectivity index is 1.92. The first-order chi connectivity index (χ1) is 9.60. The maximum Gasteiger partial charge on any atom is 0.204 e. The zero-order valence-corrected chi connectivity index (χ0v) is 11.7. The summed E-state index contributed by atoms with van der Waals surface area (Å²) >= 11 is 5.92. The number of nitrogens with one attached hydrogen (secondary N) is 1. The Morgan fingerprint density at radius 1 is 1.25 bits per heavy atom. The fourth-order valence-corrected chi connectivity index (χ4v) is 2.49. The van der Waals surface area contributed by atoms with Crippen molar-refractivity contribution in [2.45, 2.75) is 19.1 Å². The number of anilines is 1. The van der Waals surface area contributed by atoms with Gasteiger partial charge in [0, 0.05) is 10.6 Å². The van der Waals surface area contributed by atoms with Gasteiger partial charge in [0.2, 0.25) is 5.72 Å². The summed E-state index contributed by atoms with van der Waals surface area (Å²) in [5.41, 5.74) is 2.27. The lowest BCUT2D eigenvalue weighted by Gasteiger charge is -2.25. The largest absolute Gasteiger partial charge is 0.462 e. The summed E-state index contributed by atoms with van der Waals surface area (Å²) in [5, 5.41) is 12.8. The number of fused-ring (bicyclic) bond motifs is 1. The third-order valence-electron chi connectivity index (χ3n) is 3.41. The Bertz CT molecular complexity index is 691. The minimum absolute atomic E-state index is 0.395. The highest BCUT2D eigenvalue weighted by molar-refractivity contribution is 6.30. The average Bonchev–Trinajstić information content (AvgIpc) is 2.76. The van der Waals surface area contributed by atoms with E-state index in [1.807, 2.05) is 49.4 Å². The van der Waals surface area contributed by atoms with Gasteiger partial charge in [-0.1, -0.05) is 29.8 Å². The first-order valence-corrected chi connectivity index (χ1v) is 6.72. The maximum absolute atomic E-state index is 8.76. The number of nitriles is 1. The van der Waals surface area contributed by atoms with Crippen molar-refractivity contribution in [2.75, 3.05) is 5.32 Å².